The van der Waals surface area contributed by atoms with E-state index in [1.165, 1.54) is 24.3 Å². The Morgan fingerprint density at radius 1 is 1.35 bits per heavy atom. The van der Waals surface area contributed by atoms with Crippen LogP contribution in [0.1, 0.15) is 0 Å². The summed E-state index contributed by atoms with van der Waals surface area (Å²) in [6.07, 6.45) is 0. The van der Waals surface area contributed by atoms with Gasteiger partial charge in [0.25, 0.3) is 11.8 Å². The molecule has 1 aromatic carbocycles. The molecule has 2 aromatic rings. The van der Waals surface area contributed by atoms with Gasteiger partial charge in [0.15, 0.2) is 36.3 Å². The lowest BCUT2D eigenvalue weighted by Gasteiger charge is -2.17. The van der Waals surface area contributed by atoms with Gasteiger partial charge >= 0.3 is 0 Å². The largest absolute Gasteiger partial charge is 0.481 e. The van der Waals surface area contributed by atoms with Crippen molar-refractivity contribution in [2.75, 3.05) is 23.8 Å². The van der Waals surface area contributed by atoms with Crippen LogP contribution in [0.15, 0.2) is 36.4 Å². The first-order valence-electron chi connectivity index (χ1n) is 6.73. The second-order valence-corrected chi connectivity index (χ2v) is 4.65. The molecule has 2 amide bonds. The lowest BCUT2D eigenvalue weighted by molar-refractivity contribution is -0.119. The molecule has 7 nitrogen and oxygen atoms in total. The van der Waals surface area contributed by atoms with Gasteiger partial charge in [-0.3, -0.25) is 9.59 Å². The fraction of sp³-hybridized carbons (Fsp3) is 0.133. The van der Waals surface area contributed by atoms with E-state index in [1.54, 1.807) is 12.1 Å². The average Bonchev–Trinajstić information content (AvgIpc) is 2.54. The van der Waals surface area contributed by atoms with E-state index in [4.69, 9.17) is 9.47 Å². The predicted molar refractivity (Wildman–Crippen MR) is 78.9 cm³/mol. The van der Waals surface area contributed by atoms with Crippen molar-refractivity contribution >= 4 is 23.5 Å². The van der Waals surface area contributed by atoms with E-state index in [2.05, 4.69) is 15.6 Å². The predicted octanol–water partition coefficient (Wildman–Crippen LogP) is 1.57. The van der Waals surface area contributed by atoms with E-state index in [0.29, 0.717) is 5.75 Å². The average molecular weight is 317 g/mol. The van der Waals surface area contributed by atoms with Crippen molar-refractivity contribution < 1.29 is 23.5 Å². The summed E-state index contributed by atoms with van der Waals surface area (Å²) in [5.41, 5.74) is 0. The quantitative estimate of drug-likeness (QED) is 0.893. The molecule has 0 atom stereocenters. The maximum absolute atomic E-state index is 13.4. The number of ether oxygens (including phenoxy) is 2. The van der Waals surface area contributed by atoms with Crippen LogP contribution in [0.25, 0.3) is 0 Å². The minimum absolute atomic E-state index is 0.0123. The Hall–Kier alpha value is -3.16. The molecule has 0 bridgehead atoms. The summed E-state index contributed by atoms with van der Waals surface area (Å²) in [5, 5.41) is 5.02. The van der Waals surface area contributed by atoms with Crippen LogP contribution in [-0.2, 0) is 9.59 Å². The maximum Gasteiger partial charge on any atom is 0.263 e. The molecule has 3 rings (SSSR count). The van der Waals surface area contributed by atoms with Crippen molar-refractivity contribution in [2.45, 2.75) is 0 Å². The fourth-order valence-electron chi connectivity index (χ4n) is 1.92. The molecule has 0 saturated heterocycles. The lowest BCUT2D eigenvalue weighted by atomic mass is 10.3. The molecule has 0 radical (unpaired) electrons. The number of anilines is 2. The number of carbonyl (C=O) groups is 2. The molecule has 0 aliphatic carbocycles. The molecule has 8 heteroatoms. The normalized spacial score (nSPS) is 12.7. The number of nitrogens with one attached hydrogen (secondary N) is 2. The van der Waals surface area contributed by atoms with E-state index in [1.807, 2.05) is 0 Å². The minimum atomic E-state index is -0.549. The Bertz CT molecular complexity index is 766. The number of carbonyl (C=O) groups excluding carboxylic acids is 2. The van der Waals surface area contributed by atoms with Crippen LogP contribution in [0.5, 0.6) is 11.5 Å². The smallest absolute Gasteiger partial charge is 0.263 e. The van der Waals surface area contributed by atoms with Gasteiger partial charge in [0.2, 0.25) is 0 Å². The van der Waals surface area contributed by atoms with Crippen LogP contribution >= 0.6 is 0 Å². The first-order valence-corrected chi connectivity index (χ1v) is 6.73. The molecule has 1 aromatic heterocycles. The van der Waals surface area contributed by atoms with Crippen LogP contribution in [-0.4, -0.2) is 30.0 Å². The van der Waals surface area contributed by atoms with Gasteiger partial charge in [0.05, 0.1) is 0 Å². The van der Waals surface area contributed by atoms with Crippen molar-refractivity contribution in [3.8, 4) is 11.5 Å². The SMILES string of the molecule is O=C(COc1ccccc1F)Nc1ccc2c(n1)NC(=O)CO2. The molecule has 1 aliphatic heterocycles. The van der Waals surface area contributed by atoms with E-state index in [9.17, 15) is 14.0 Å². The molecular weight excluding hydrogens is 305 g/mol. The number of para-hydroxylation sites is 1. The van der Waals surface area contributed by atoms with Crippen molar-refractivity contribution in [2.24, 2.45) is 0 Å². The van der Waals surface area contributed by atoms with Crippen molar-refractivity contribution in [1.82, 2.24) is 4.98 Å². The van der Waals surface area contributed by atoms with Gasteiger partial charge in [-0.1, -0.05) is 12.1 Å². The van der Waals surface area contributed by atoms with E-state index in [-0.39, 0.29) is 36.5 Å². The monoisotopic (exact) mass is 317 g/mol. The molecule has 0 fully saturated rings. The van der Waals surface area contributed by atoms with Gasteiger partial charge in [-0.05, 0) is 24.3 Å². The first-order chi connectivity index (χ1) is 11.1. The summed E-state index contributed by atoms with van der Waals surface area (Å²) in [7, 11) is 0. The Morgan fingerprint density at radius 2 is 2.17 bits per heavy atom. The van der Waals surface area contributed by atoms with Crippen molar-refractivity contribution in [1.29, 1.82) is 0 Å². The maximum atomic E-state index is 13.4. The number of amides is 2. The molecule has 0 saturated carbocycles. The Labute approximate surface area is 130 Å². The molecule has 2 N–H and O–H groups in total. The Kier molecular flexibility index (Phi) is 4.05. The number of halogens is 1. The van der Waals surface area contributed by atoms with Gasteiger partial charge < -0.3 is 20.1 Å². The molecule has 0 spiro atoms. The summed E-state index contributed by atoms with van der Waals surface area (Å²) in [4.78, 5) is 27.1. The Morgan fingerprint density at radius 3 is 3.00 bits per heavy atom. The number of aromatic nitrogens is 1. The summed E-state index contributed by atoms with van der Waals surface area (Å²) < 4.78 is 23.6. The summed E-state index contributed by atoms with van der Waals surface area (Å²) in [5.74, 6) is -0.523. The van der Waals surface area contributed by atoms with Gasteiger partial charge in [0, 0.05) is 0 Å². The number of benzene rings is 1. The number of pyridine rings is 1. The summed E-state index contributed by atoms with van der Waals surface area (Å²) in [6, 6.07) is 8.89. The molecule has 1 aliphatic rings. The molecule has 0 unspecified atom stereocenters. The molecule has 118 valence electrons. The van der Waals surface area contributed by atoms with Crippen LogP contribution in [0.2, 0.25) is 0 Å². The highest BCUT2D eigenvalue weighted by atomic mass is 19.1. The third-order valence-electron chi connectivity index (χ3n) is 2.94. The summed E-state index contributed by atoms with van der Waals surface area (Å²) >= 11 is 0. The fourth-order valence-corrected chi connectivity index (χ4v) is 1.92. The van der Waals surface area contributed by atoms with E-state index in [0.717, 1.165) is 0 Å². The molecule has 23 heavy (non-hydrogen) atoms. The zero-order valence-electron chi connectivity index (χ0n) is 11.8. The number of fused-ring (bicyclic) bond motifs is 1. The van der Waals surface area contributed by atoms with Gasteiger partial charge in [-0.2, -0.15) is 0 Å². The van der Waals surface area contributed by atoms with Gasteiger partial charge in [-0.15, -0.1) is 0 Å². The molecular formula is C15H12FN3O4. The lowest BCUT2D eigenvalue weighted by Crippen LogP contribution is -2.27. The van der Waals surface area contributed by atoms with Crippen LogP contribution in [0.4, 0.5) is 16.0 Å². The highest BCUT2D eigenvalue weighted by molar-refractivity contribution is 5.95. The highest BCUT2D eigenvalue weighted by Crippen LogP contribution is 2.26. The number of rotatable bonds is 4. The zero-order valence-corrected chi connectivity index (χ0v) is 11.8. The molecule has 2 heterocycles. The zero-order chi connectivity index (χ0) is 16.2. The van der Waals surface area contributed by atoms with E-state index >= 15 is 0 Å². The van der Waals surface area contributed by atoms with Crippen LogP contribution in [0.3, 0.4) is 0 Å². The highest BCUT2D eigenvalue weighted by Gasteiger charge is 2.18. The third kappa shape index (κ3) is 3.54. The third-order valence-corrected chi connectivity index (χ3v) is 2.94. The number of hydrogen-bond acceptors (Lipinski definition) is 5. The number of nitrogens with zero attached hydrogens (tertiary/aromatic N) is 1. The second-order valence-electron chi connectivity index (χ2n) is 4.65. The van der Waals surface area contributed by atoms with Crippen LogP contribution < -0.4 is 20.1 Å². The van der Waals surface area contributed by atoms with Crippen molar-refractivity contribution in [3.63, 3.8) is 0 Å². The first kappa shape index (κ1) is 14.8. The van der Waals surface area contributed by atoms with E-state index < -0.39 is 11.7 Å². The van der Waals surface area contributed by atoms with Gasteiger partial charge in [-0.25, -0.2) is 9.37 Å². The standard InChI is InChI=1S/C15H12FN3O4/c16-9-3-1-2-4-10(9)22-7-13(20)17-12-6-5-11-15(18-12)19-14(21)8-23-11/h1-6H,7-8H2,(H2,17,18,19,20,21). The second kappa shape index (κ2) is 6.30. The van der Waals surface area contributed by atoms with Crippen LogP contribution in [0, 0.1) is 5.82 Å². The van der Waals surface area contributed by atoms with Crippen molar-refractivity contribution in [3.05, 3.63) is 42.2 Å². The number of hydrogen-bond donors (Lipinski definition) is 2. The van der Waals surface area contributed by atoms with Gasteiger partial charge in [0.1, 0.15) is 5.82 Å². The minimum Gasteiger partial charge on any atom is -0.481 e. The summed E-state index contributed by atoms with van der Waals surface area (Å²) in [6.45, 7) is -0.445. The topological polar surface area (TPSA) is 89.5 Å². The Balaban J connectivity index is 1.61.